The predicted octanol–water partition coefficient (Wildman–Crippen LogP) is 4.43. The van der Waals surface area contributed by atoms with Crippen LogP contribution in [0.1, 0.15) is 24.8 Å². The van der Waals surface area contributed by atoms with E-state index in [1.165, 1.54) is 30.5 Å². The molecular weight excluding hydrogens is 457 g/mol. The summed E-state index contributed by atoms with van der Waals surface area (Å²) in [7, 11) is 0. The van der Waals surface area contributed by atoms with Crippen molar-refractivity contribution < 1.29 is 18.3 Å². The number of hydrogen-bond donors (Lipinski definition) is 2. The van der Waals surface area contributed by atoms with Crippen molar-refractivity contribution in [3.63, 3.8) is 0 Å². The number of aromatic nitrogens is 3. The number of aromatic amines is 1. The minimum atomic E-state index is -1.01. The van der Waals surface area contributed by atoms with Crippen LogP contribution in [0.25, 0.3) is 32.9 Å². The number of terminal acetylenes is 1. The van der Waals surface area contributed by atoms with Gasteiger partial charge >= 0.3 is 5.69 Å². The molecule has 9 heteroatoms. The maximum absolute atomic E-state index is 16.0. The number of halogens is 3. The molecular formula is C26H19F3N4O2. The summed E-state index contributed by atoms with van der Waals surface area (Å²) in [5, 5.41) is 11.1. The van der Waals surface area contributed by atoms with Gasteiger partial charge in [0, 0.05) is 29.6 Å². The maximum Gasteiger partial charge on any atom is 0.347 e. The smallest absolute Gasteiger partial charge is 0.347 e. The monoisotopic (exact) mass is 476 g/mol. The number of anilines is 1. The van der Waals surface area contributed by atoms with Crippen molar-refractivity contribution in [2.24, 2.45) is 5.92 Å². The summed E-state index contributed by atoms with van der Waals surface area (Å²) in [6.45, 7) is 0.499. The Morgan fingerprint density at radius 3 is 2.86 bits per heavy atom. The van der Waals surface area contributed by atoms with Gasteiger partial charge in [-0.25, -0.2) is 18.0 Å². The normalized spacial score (nSPS) is 21.5. The zero-order valence-electron chi connectivity index (χ0n) is 18.4. The topological polar surface area (TPSA) is 82.1 Å². The third-order valence-electron chi connectivity index (χ3n) is 7.00. The Bertz CT molecular complexity index is 1630. The van der Waals surface area contributed by atoms with E-state index in [4.69, 9.17) is 6.42 Å². The molecule has 0 bridgehead atoms. The van der Waals surface area contributed by atoms with Crippen LogP contribution in [-0.4, -0.2) is 38.8 Å². The summed E-state index contributed by atoms with van der Waals surface area (Å²) in [6, 6.07) is 4.84. The summed E-state index contributed by atoms with van der Waals surface area (Å²) in [6.07, 6.45) is 8.31. The summed E-state index contributed by atoms with van der Waals surface area (Å²) in [5.74, 6) is 0.605. The molecule has 2 aromatic heterocycles. The minimum Gasteiger partial charge on any atom is -0.508 e. The van der Waals surface area contributed by atoms with E-state index < -0.39 is 29.5 Å². The lowest BCUT2D eigenvalue weighted by Gasteiger charge is -2.24. The average molecular weight is 476 g/mol. The molecule has 1 aliphatic carbocycles. The Labute approximate surface area is 197 Å². The van der Waals surface area contributed by atoms with Crippen molar-refractivity contribution in [2.75, 3.05) is 11.4 Å². The van der Waals surface area contributed by atoms with Gasteiger partial charge in [-0.2, -0.15) is 4.98 Å². The number of nitrogens with one attached hydrogen (secondary N) is 1. The van der Waals surface area contributed by atoms with Crippen molar-refractivity contribution in [3.8, 4) is 29.4 Å². The van der Waals surface area contributed by atoms with Crippen LogP contribution in [0, 0.1) is 29.9 Å². The van der Waals surface area contributed by atoms with E-state index in [2.05, 4.69) is 20.9 Å². The van der Waals surface area contributed by atoms with Gasteiger partial charge in [0.2, 0.25) is 0 Å². The minimum absolute atomic E-state index is 0.0758. The summed E-state index contributed by atoms with van der Waals surface area (Å²) < 4.78 is 44.9. The second kappa shape index (κ2) is 7.73. The number of nitrogens with zero attached hydrogens (tertiary/aromatic N) is 3. The first-order valence-electron chi connectivity index (χ1n) is 11.3. The van der Waals surface area contributed by atoms with E-state index in [1.807, 2.05) is 0 Å². The highest BCUT2D eigenvalue weighted by atomic mass is 19.1. The molecule has 1 aliphatic heterocycles. The zero-order chi connectivity index (χ0) is 24.4. The van der Waals surface area contributed by atoms with E-state index >= 15 is 4.39 Å². The van der Waals surface area contributed by atoms with Gasteiger partial charge in [-0.15, -0.1) is 6.42 Å². The number of H-pyrrole nitrogens is 1. The number of hydrogen-bond acceptors (Lipinski definition) is 5. The first kappa shape index (κ1) is 21.5. The van der Waals surface area contributed by atoms with E-state index in [-0.39, 0.29) is 50.6 Å². The average Bonchev–Trinajstić information content (AvgIpc) is 3.53. The lowest BCUT2D eigenvalue weighted by Crippen LogP contribution is -2.31. The number of alkyl halides is 1. The van der Waals surface area contributed by atoms with Crippen LogP contribution in [-0.2, 0) is 0 Å². The second-order valence-electron chi connectivity index (χ2n) is 9.02. The molecule has 0 spiro atoms. The third kappa shape index (κ3) is 3.24. The molecule has 1 saturated carbocycles. The summed E-state index contributed by atoms with van der Waals surface area (Å²) in [5.41, 5.74) is -1.18. The summed E-state index contributed by atoms with van der Waals surface area (Å²) >= 11 is 0. The highest BCUT2D eigenvalue weighted by Gasteiger charge is 2.55. The van der Waals surface area contributed by atoms with Crippen LogP contribution in [0.2, 0.25) is 0 Å². The molecule has 2 aliphatic rings. The molecule has 3 heterocycles. The van der Waals surface area contributed by atoms with Crippen LogP contribution in [0.15, 0.2) is 35.3 Å². The quantitative estimate of drug-likeness (QED) is 0.419. The van der Waals surface area contributed by atoms with Gasteiger partial charge < -0.3 is 15.0 Å². The highest BCUT2D eigenvalue weighted by Crippen LogP contribution is 2.47. The van der Waals surface area contributed by atoms with E-state index in [1.54, 1.807) is 4.90 Å². The molecule has 2 N–H and O–H groups in total. The van der Waals surface area contributed by atoms with Crippen LogP contribution in [0.4, 0.5) is 19.0 Å². The Kier molecular flexibility index (Phi) is 4.74. The van der Waals surface area contributed by atoms with E-state index in [0.29, 0.717) is 11.9 Å². The van der Waals surface area contributed by atoms with E-state index in [9.17, 15) is 18.7 Å². The Morgan fingerprint density at radius 1 is 1.23 bits per heavy atom. The molecule has 176 valence electrons. The van der Waals surface area contributed by atoms with Crippen LogP contribution in [0.5, 0.6) is 5.75 Å². The summed E-state index contributed by atoms with van der Waals surface area (Å²) in [4.78, 5) is 25.0. The number of phenols is 1. The fourth-order valence-corrected chi connectivity index (χ4v) is 5.34. The van der Waals surface area contributed by atoms with Gasteiger partial charge in [0.1, 0.15) is 29.3 Å². The van der Waals surface area contributed by atoms with Crippen LogP contribution >= 0.6 is 0 Å². The molecule has 2 aromatic carbocycles. The number of fused-ring (bicyclic) bond motifs is 3. The highest BCUT2D eigenvalue weighted by molar-refractivity contribution is 6.02. The van der Waals surface area contributed by atoms with Gasteiger partial charge in [0.05, 0.1) is 22.5 Å². The van der Waals surface area contributed by atoms with Gasteiger partial charge in [-0.05, 0) is 36.4 Å². The number of aromatic hydroxyl groups is 1. The fraction of sp³-hybridized carbons (Fsp3) is 0.269. The van der Waals surface area contributed by atoms with Gasteiger partial charge in [-0.1, -0.05) is 18.4 Å². The van der Waals surface area contributed by atoms with Gasteiger partial charge in [0.15, 0.2) is 5.82 Å². The number of phenolic OH excluding ortho intramolecular Hbond substituents is 1. The van der Waals surface area contributed by atoms with E-state index in [0.717, 1.165) is 19.3 Å². The number of rotatable bonds is 2. The Morgan fingerprint density at radius 2 is 2.06 bits per heavy atom. The molecule has 0 amide bonds. The lowest BCUT2D eigenvalue weighted by molar-refractivity contribution is 0.420. The molecule has 0 unspecified atom stereocenters. The van der Waals surface area contributed by atoms with Crippen molar-refractivity contribution in [2.45, 2.75) is 31.5 Å². The lowest BCUT2D eigenvalue weighted by atomic mass is 9.96. The molecule has 1 saturated heterocycles. The number of benzene rings is 2. The van der Waals surface area contributed by atoms with Crippen molar-refractivity contribution >= 4 is 27.5 Å². The molecule has 35 heavy (non-hydrogen) atoms. The SMILES string of the molecule is C#Cc1c(F)ccc2cc(O)cc(-c3ncc4c(N5CCCC[C@H]6[C@H](F)[C@H]65)nc(=O)[nH]c4c3F)c12. The molecule has 2 fully saturated rings. The fourth-order valence-electron chi connectivity index (χ4n) is 5.34. The first-order chi connectivity index (χ1) is 16.9. The molecule has 4 aromatic rings. The second-order valence-corrected chi connectivity index (χ2v) is 9.02. The Hall–Kier alpha value is -4.06. The van der Waals surface area contributed by atoms with Crippen molar-refractivity contribution in [1.82, 2.24) is 15.0 Å². The van der Waals surface area contributed by atoms with Crippen molar-refractivity contribution in [3.05, 3.63) is 58.1 Å². The van der Waals surface area contributed by atoms with Crippen LogP contribution in [0.3, 0.4) is 0 Å². The standard InChI is InChI=1S/C26H19F3N4O2/c1-2-14-18(27)7-6-12-9-13(34)10-16(19(12)14)22-21(29)23-17(11-30-22)25(32-26(35)31-23)33-8-4-3-5-15-20(28)24(15)33/h1,6-7,9-11,15,20,24,34H,3-5,8H2,(H,31,32,35)/t15-,20-,24-/m0/s1. The Balaban J connectivity index is 1.60. The van der Waals surface area contributed by atoms with Gasteiger partial charge in [-0.3, -0.25) is 4.98 Å². The van der Waals surface area contributed by atoms with Gasteiger partial charge in [0.25, 0.3) is 0 Å². The first-order valence-corrected chi connectivity index (χ1v) is 11.3. The van der Waals surface area contributed by atoms with Crippen LogP contribution < -0.4 is 10.6 Å². The molecule has 3 atom stereocenters. The third-order valence-corrected chi connectivity index (χ3v) is 7.00. The molecule has 6 rings (SSSR count). The number of pyridine rings is 1. The molecule has 6 nitrogen and oxygen atoms in total. The zero-order valence-corrected chi connectivity index (χ0v) is 18.4. The predicted molar refractivity (Wildman–Crippen MR) is 126 cm³/mol. The maximum atomic E-state index is 16.0. The molecule has 0 radical (unpaired) electrons. The van der Waals surface area contributed by atoms with Crippen molar-refractivity contribution in [1.29, 1.82) is 0 Å². The largest absolute Gasteiger partial charge is 0.508 e.